The molecule has 1 aromatic heterocycles. The first kappa shape index (κ1) is 16.8. The molecule has 23 heavy (non-hydrogen) atoms. The molecule has 0 unspecified atom stereocenters. The second-order valence-corrected chi connectivity index (χ2v) is 5.00. The fourth-order valence-electron chi connectivity index (χ4n) is 1.84. The van der Waals surface area contributed by atoms with Crippen molar-refractivity contribution in [2.24, 2.45) is 0 Å². The van der Waals surface area contributed by atoms with Gasteiger partial charge in [0.2, 0.25) is 5.91 Å². The van der Waals surface area contributed by atoms with E-state index in [-0.39, 0.29) is 25.6 Å². The van der Waals surface area contributed by atoms with Gasteiger partial charge in [-0.3, -0.25) is 4.79 Å². The minimum atomic E-state index is -0.584. The number of amides is 1. The molecule has 0 fully saturated rings. The van der Waals surface area contributed by atoms with Crippen LogP contribution in [0.15, 0.2) is 30.5 Å². The Balaban J connectivity index is 1.86. The molecule has 8 nitrogen and oxygen atoms in total. The Labute approximate surface area is 134 Å². The van der Waals surface area contributed by atoms with E-state index >= 15 is 0 Å². The molecule has 0 aliphatic carbocycles. The Morgan fingerprint density at radius 2 is 2.13 bits per heavy atom. The largest absolute Gasteiger partial charge is 0.493 e. The third kappa shape index (κ3) is 5.26. The average molecular weight is 320 g/mol. The van der Waals surface area contributed by atoms with Gasteiger partial charge >= 0.3 is 0 Å². The fraction of sp³-hybridized carbons (Fsp3) is 0.400. The van der Waals surface area contributed by atoms with E-state index in [1.165, 1.54) is 4.68 Å². The lowest BCUT2D eigenvalue weighted by Crippen LogP contribution is -2.33. The van der Waals surface area contributed by atoms with Gasteiger partial charge in [0.1, 0.15) is 18.8 Å². The number of aliphatic hydroxyl groups is 1. The Morgan fingerprint density at radius 1 is 1.39 bits per heavy atom. The van der Waals surface area contributed by atoms with Crippen molar-refractivity contribution in [3.8, 4) is 11.5 Å². The SMILES string of the molecule is COc1ccccc1OCc1cn(CC(=O)NC[C@@H](C)O)nn1. The van der Waals surface area contributed by atoms with E-state index in [0.717, 1.165) is 0 Å². The van der Waals surface area contributed by atoms with Gasteiger partial charge in [-0.1, -0.05) is 17.3 Å². The molecule has 2 aromatic rings. The lowest BCUT2D eigenvalue weighted by Gasteiger charge is -2.08. The molecule has 2 rings (SSSR count). The first-order chi connectivity index (χ1) is 11.1. The molecule has 2 N–H and O–H groups in total. The van der Waals surface area contributed by atoms with E-state index in [0.29, 0.717) is 17.2 Å². The third-order valence-corrected chi connectivity index (χ3v) is 2.93. The number of hydrogen-bond donors (Lipinski definition) is 2. The lowest BCUT2D eigenvalue weighted by molar-refractivity contribution is -0.122. The number of rotatable bonds is 8. The maximum Gasteiger partial charge on any atom is 0.241 e. The standard InChI is InChI=1S/C15H20N4O4/c1-11(20)7-16-15(21)9-19-8-12(17-18-19)10-23-14-6-4-3-5-13(14)22-2/h3-6,8,11,20H,7,9-10H2,1-2H3,(H,16,21)/t11-/m1/s1. The minimum Gasteiger partial charge on any atom is -0.493 e. The molecule has 8 heteroatoms. The van der Waals surface area contributed by atoms with E-state index < -0.39 is 6.10 Å². The number of benzene rings is 1. The van der Waals surface area contributed by atoms with Crippen molar-refractivity contribution in [3.63, 3.8) is 0 Å². The summed E-state index contributed by atoms with van der Waals surface area (Å²) < 4.78 is 12.3. The summed E-state index contributed by atoms with van der Waals surface area (Å²) in [6, 6.07) is 7.31. The van der Waals surface area contributed by atoms with Gasteiger partial charge in [-0.05, 0) is 19.1 Å². The number of nitrogens with zero attached hydrogens (tertiary/aromatic N) is 3. The molecule has 124 valence electrons. The summed E-state index contributed by atoms with van der Waals surface area (Å²) in [5, 5.41) is 19.5. The average Bonchev–Trinajstić information content (AvgIpc) is 2.98. The van der Waals surface area contributed by atoms with E-state index in [2.05, 4.69) is 15.6 Å². The highest BCUT2D eigenvalue weighted by Gasteiger charge is 2.08. The highest BCUT2D eigenvalue weighted by molar-refractivity contribution is 5.75. The van der Waals surface area contributed by atoms with Crippen LogP contribution in [0.2, 0.25) is 0 Å². The van der Waals surface area contributed by atoms with Gasteiger partial charge in [-0.25, -0.2) is 4.68 Å². The van der Waals surface area contributed by atoms with Crippen LogP contribution in [0.4, 0.5) is 0 Å². The van der Waals surface area contributed by atoms with Crippen molar-refractivity contribution in [2.75, 3.05) is 13.7 Å². The van der Waals surface area contributed by atoms with Crippen molar-refractivity contribution in [2.45, 2.75) is 26.2 Å². The minimum absolute atomic E-state index is 0.0361. The zero-order valence-corrected chi connectivity index (χ0v) is 13.1. The van der Waals surface area contributed by atoms with Crippen molar-refractivity contribution in [1.82, 2.24) is 20.3 Å². The Kier molecular flexibility index (Phi) is 5.93. The molecule has 1 aromatic carbocycles. The van der Waals surface area contributed by atoms with Crippen LogP contribution in [0.3, 0.4) is 0 Å². The van der Waals surface area contributed by atoms with Gasteiger partial charge in [-0.15, -0.1) is 5.10 Å². The molecule has 0 aliphatic rings. The zero-order chi connectivity index (χ0) is 16.7. The summed E-state index contributed by atoms with van der Waals surface area (Å²) in [4.78, 5) is 11.6. The summed E-state index contributed by atoms with van der Waals surface area (Å²) in [5.41, 5.74) is 0.597. The first-order valence-electron chi connectivity index (χ1n) is 7.18. The van der Waals surface area contributed by atoms with Crippen LogP contribution in [-0.2, 0) is 17.9 Å². The third-order valence-electron chi connectivity index (χ3n) is 2.93. The lowest BCUT2D eigenvalue weighted by atomic mass is 10.3. The van der Waals surface area contributed by atoms with Crippen LogP contribution in [0, 0.1) is 0 Å². The van der Waals surface area contributed by atoms with Gasteiger partial charge in [-0.2, -0.15) is 0 Å². The maximum atomic E-state index is 11.6. The number of nitrogens with one attached hydrogen (secondary N) is 1. The van der Waals surface area contributed by atoms with Gasteiger partial charge in [0.25, 0.3) is 0 Å². The fourth-order valence-corrected chi connectivity index (χ4v) is 1.84. The van der Waals surface area contributed by atoms with Gasteiger partial charge in [0.05, 0.1) is 19.4 Å². The number of ether oxygens (including phenoxy) is 2. The Hall–Kier alpha value is -2.61. The summed E-state index contributed by atoms with van der Waals surface area (Å²) in [7, 11) is 1.57. The number of methoxy groups -OCH3 is 1. The predicted octanol–water partition coefficient (Wildman–Crippen LogP) is 0.363. The van der Waals surface area contributed by atoms with E-state index in [1.807, 2.05) is 12.1 Å². The number of carbonyl (C=O) groups excluding carboxylic acids is 1. The molecule has 0 saturated carbocycles. The van der Waals surface area contributed by atoms with Crippen LogP contribution in [-0.4, -0.2) is 45.8 Å². The molecule has 1 heterocycles. The Bertz CT molecular complexity index is 642. The van der Waals surface area contributed by atoms with E-state index in [9.17, 15) is 4.79 Å². The van der Waals surface area contributed by atoms with Crippen LogP contribution >= 0.6 is 0 Å². The molecular weight excluding hydrogens is 300 g/mol. The molecule has 0 radical (unpaired) electrons. The zero-order valence-electron chi connectivity index (χ0n) is 13.1. The van der Waals surface area contributed by atoms with Crippen molar-refractivity contribution >= 4 is 5.91 Å². The number of hydrogen-bond acceptors (Lipinski definition) is 6. The molecule has 0 saturated heterocycles. The van der Waals surface area contributed by atoms with Gasteiger partial charge in [0, 0.05) is 6.54 Å². The highest BCUT2D eigenvalue weighted by atomic mass is 16.5. The van der Waals surface area contributed by atoms with Crippen LogP contribution in [0.25, 0.3) is 0 Å². The summed E-state index contributed by atoms with van der Waals surface area (Å²) >= 11 is 0. The van der Waals surface area contributed by atoms with E-state index in [4.69, 9.17) is 14.6 Å². The second kappa shape index (κ2) is 8.14. The molecule has 1 atom stereocenters. The molecule has 0 spiro atoms. The van der Waals surface area contributed by atoms with Crippen molar-refractivity contribution < 1.29 is 19.4 Å². The van der Waals surface area contributed by atoms with Gasteiger partial charge in [0.15, 0.2) is 11.5 Å². The highest BCUT2D eigenvalue weighted by Crippen LogP contribution is 2.26. The van der Waals surface area contributed by atoms with E-state index in [1.54, 1.807) is 32.4 Å². The second-order valence-electron chi connectivity index (χ2n) is 5.00. The van der Waals surface area contributed by atoms with Crippen molar-refractivity contribution in [1.29, 1.82) is 0 Å². The number of para-hydroxylation sites is 2. The molecule has 0 bridgehead atoms. The molecule has 0 aliphatic heterocycles. The summed E-state index contributed by atoms with van der Waals surface area (Å²) in [6.07, 6.45) is 1.05. The molecule has 1 amide bonds. The number of aromatic nitrogens is 3. The normalized spacial score (nSPS) is 11.8. The monoisotopic (exact) mass is 320 g/mol. The Morgan fingerprint density at radius 3 is 2.83 bits per heavy atom. The number of aliphatic hydroxyl groups excluding tert-OH is 1. The van der Waals surface area contributed by atoms with Gasteiger partial charge < -0.3 is 19.9 Å². The predicted molar refractivity (Wildman–Crippen MR) is 82.0 cm³/mol. The van der Waals surface area contributed by atoms with Crippen molar-refractivity contribution in [3.05, 3.63) is 36.2 Å². The van der Waals surface area contributed by atoms with Crippen LogP contribution in [0.5, 0.6) is 11.5 Å². The maximum absolute atomic E-state index is 11.6. The summed E-state index contributed by atoms with van der Waals surface area (Å²) in [5.74, 6) is 1.00. The quantitative estimate of drug-likeness (QED) is 0.729. The summed E-state index contributed by atoms with van der Waals surface area (Å²) in [6.45, 7) is 2.06. The van der Waals surface area contributed by atoms with Crippen LogP contribution < -0.4 is 14.8 Å². The topological polar surface area (TPSA) is 98.5 Å². The molecular formula is C15H20N4O4. The smallest absolute Gasteiger partial charge is 0.241 e. The first-order valence-corrected chi connectivity index (χ1v) is 7.18. The van der Waals surface area contributed by atoms with Crippen LogP contribution in [0.1, 0.15) is 12.6 Å². The number of carbonyl (C=O) groups is 1.